The molecule has 0 aromatic carbocycles. The van der Waals surface area contributed by atoms with E-state index in [1.807, 2.05) is 18.4 Å². The molecular weight excluding hydrogens is 200 g/mol. The zero-order valence-electron chi connectivity index (χ0n) is 3.76. The predicted octanol–water partition coefficient (Wildman–Crippen LogP) is 1.12. The van der Waals surface area contributed by atoms with Crippen LogP contribution in [0.25, 0.3) is 0 Å². The van der Waals surface area contributed by atoms with Gasteiger partial charge in [-0.3, -0.25) is 0 Å². The lowest BCUT2D eigenvalue weighted by molar-refractivity contribution is 1.35. The highest BCUT2D eigenvalue weighted by Gasteiger charge is 2.00. The van der Waals surface area contributed by atoms with Crippen LogP contribution in [0, 0.1) is 0 Å². The SMILES string of the molecule is IB1C=CC=CN1. The van der Waals surface area contributed by atoms with Crippen molar-refractivity contribution in [3.8, 4) is 0 Å². The first-order valence-corrected chi connectivity index (χ1v) is 3.37. The van der Waals surface area contributed by atoms with E-state index < -0.39 is 0 Å². The minimum Gasteiger partial charge on any atom is -0.422 e. The lowest BCUT2D eigenvalue weighted by Gasteiger charge is -2.00. The summed E-state index contributed by atoms with van der Waals surface area (Å²) in [5.74, 6) is 2.10. The molecule has 1 nitrogen and oxygen atoms in total. The van der Waals surface area contributed by atoms with Gasteiger partial charge in [-0.25, -0.2) is 0 Å². The molecule has 36 valence electrons. The van der Waals surface area contributed by atoms with Crippen molar-refractivity contribution >= 4 is 27.1 Å². The van der Waals surface area contributed by atoms with Gasteiger partial charge in [-0.05, 0) is 12.3 Å². The maximum absolute atomic E-state index is 3.10. The Labute approximate surface area is 56.8 Å². The van der Waals surface area contributed by atoms with Gasteiger partial charge in [-0.1, -0.05) is 12.1 Å². The molecule has 3 heteroatoms. The first-order valence-electron chi connectivity index (χ1n) is 2.13. The monoisotopic (exact) mass is 205 g/mol. The zero-order chi connectivity index (χ0) is 5.11. The number of hydrogen-bond donors (Lipinski definition) is 1. The maximum Gasteiger partial charge on any atom is 0.351 e. The summed E-state index contributed by atoms with van der Waals surface area (Å²) in [5.41, 5.74) is 0. The van der Waals surface area contributed by atoms with Crippen molar-refractivity contribution in [2.45, 2.75) is 0 Å². The standard InChI is InChI=1S/C4H5BIN/c6-5-3-1-2-4-7-5/h1-4,7H. The lowest BCUT2D eigenvalue weighted by Crippen LogP contribution is -2.21. The zero-order valence-corrected chi connectivity index (χ0v) is 5.92. The highest BCUT2D eigenvalue weighted by Crippen LogP contribution is 1.95. The third-order valence-electron chi connectivity index (χ3n) is 0.743. The molecule has 0 fully saturated rings. The quantitative estimate of drug-likeness (QED) is 0.461. The van der Waals surface area contributed by atoms with E-state index >= 15 is 0 Å². The molecule has 1 aliphatic rings. The van der Waals surface area contributed by atoms with Gasteiger partial charge in [0.15, 0.2) is 0 Å². The smallest absolute Gasteiger partial charge is 0.351 e. The summed E-state index contributed by atoms with van der Waals surface area (Å²) in [4.78, 5) is 0. The van der Waals surface area contributed by atoms with E-state index in [1.165, 1.54) is 0 Å². The molecule has 7 heavy (non-hydrogen) atoms. The van der Waals surface area contributed by atoms with Gasteiger partial charge >= 0.3 is 4.70 Å². The molecule has 0 atom stereocenters. The highest BCUT2D eigenvalue weighted by molar-refractivity contribution is 14.1. The van der Waals surface area contributed by atoms with Crippen molar-refractivity contribution in [3.63, 3.8) is 0 Å². The second-order valence-corrected chi connectivity index (χ2v) is 2.65. The Morgan fingerprint density at radius 2 is 2.29 bits per heavy atom. The van der Waals surface area contributed by atoms with Crippen LogP contribution in [-0.2, 0) is 0 Å². The van der Waals surface area contributed by atoms with Crippen LogP contribution < -0.4 is 5.23 Å². The third kappa shape index (κ3) is 1.55. The van der Waals surface area contributed by atoms with Gasteiger partial charge in [0.2, 0.25) is 0 Å². The molecule has 0 aromatic heterocycles. The third-order valence-corrected chi connectivity index (χ3v) is 1.52. The van der Waals surface area contributed by atoms with E-state index in [9.17, 15) is 0 Å². The van der Waals surface area contributed by atoms with Crippen molar-refractivity contribution in [2.75, 3.05) is 0 Å². The molecule has 0 radical (unpaired) electrons. The number of nitrogens with one attached hydrogen (secondary N) is 1. The minimum atomic E-state index is 0.489. The molecule has 1 rings (SSSR count). The number of allylic oxidation sites excluding steroid dienone is 2. The molecule has 1 aliphatic heterocycles. The van der Waals surface area contributed by atoms with E-state index in [1.54, 1.807) is 0 Å². The first-order chi connectivity index (χ1) is 3.39. The van der Waals surface area contributed by atoms with E-state index in [4.69, 9.17) is 0 Å². The molecule has 0 saturated carbocycles. The molecule has 0 saturated heterocycles. The minimum absolute atomic E-state index is 0.489. The second-order valence-electron chi connectivity index (χ2n) is 1.31. The van der Waals surface area contributed by atoms with Crippen LogP contribution in [-0.4, -0.2) is 4.70 Å². The van der Waals surface area contributed by atoms with Crippen LogP contribution in [0.3, 0.4) is 0 Å². The molecule has 0 amide bonds. The van der Waals surface area contributed by atoms with E-state index in [2.05, 4.69) is 33.6 Å². The van der Waals surface area contributed by atoms with Crippen LogP contribution in [0.1, 0.15) is 0 Å². The molecular formula is C4H5BIN. The number of hydrogen-bond acceptors (Lipinski definition) is 1. The Morgan fingerprint density at radius 1 is 1.43 bits per heavy atom. The Bertz CT molecular complexity index is 110. The molecule has 1 heterocycles. The maximum atomic E-state index is 3.10. The Hall–Kier alpha value is 0.0749. The molecule has 0 unspecified atom stereocenters. The Balaban J connectivity index is 2.49. The fourth-order valence-corrected chi connectivity index (χ4v) is 0.868. The van der Waals surface area contributed by atoms with Crippen molar-refractivity contribution in [1.29, 1.82) is 0 Å². The first kappa shape index (κ1) is 5.22. The summed E-state index contributed by atoms with van der Waals surface area (Å²) < 4.78 is 0.489. The number of halogens is 1. The second kappa shape index (κ2) is 2.40. The number of rotatable bonds is 0. The fourth-order valence-electron chi connectivity index (χ4n) is 0.420. The van der Waals surface area contributed by atoms with Crippen molar-refractivity contribution in [1.82, 2.24) is 5.23 Å². The summed E-state index contributed by atoms with van der Waals surface area (Å²) in [7, 11) is 0. The van der Waals surface area contributed by atoms with Crippen LogP contribution in [0.2, 0.25) is 0 Å². The summed E-state index contributed by atoms with van der Waals surface area (Å²) in [6.45, 7) is 0. The van der Waals surface area contributed by atoms with E-state index in [0.717, 1.165) is 0 Å². The Kier molecular flexibility index (Phi) is 1.79. The van der Waals surface area contributed by atoms with Gasteiger partial charge < -0.3 is 5.23 Å². The van der Waals surface area contributed by atoms with Gasteiger partial charge in [-0.2, -0.15) is 0 Å². The van der Waals surface area contributed by atoms with Crippen LogP contribution >= 0.6 is 22.4 Å². The van der Waals surface area contributed by atoms with Gasteiger partial charge in [0.1, 0.15) is 0 Å². The van der Waals surface area contributed by atoms with Gasteiger partial charge in [-0.15, -0.1) is 22.4 Å². The largest absolute Gasteiger partial charge is 0.422 e. The lowest BCUT2D eigenvalue weighted by atomic mass is 9.92. The normalized spacial score (nSPS) is 17.0. The Morgan fingerprint density at radius 3 is 2.57 bits per heavy atom. The summed E-state index contributed by atoms with van der Waals surface area (Å²) in [6, 6.07) is 0. The van der Waals surface area contributed by atoms with E-state index in [0.29, 0.717) is 4.70 Å². The van der Waals surface area contributed by atoms with Crippen molar-refractivity contribution in [3.05, 3.63) is 24.3 Å². The van der Waals surface area contributed by atoms with Gasteiger partial charge in [0.25, 0.3) is 0 Å². The highest BCUT2D eigenvalue weighted by atomic mass is 127. The molecule has 0 spiro atoms. The van der Waals surface area contributed by atoms with Gasteiger partial charge in [0.05, 0.1) is 0 Å². The van der Waals surface area contributed by atoms with Crippen LogP contribution in [0.4, 0.5) is 0 Å². The van der Waals surface area contributed by atoms with Crippen molar-refractivity contribution < 1.29 is 0 Å². The van der Waals surface area contributed by atoms with Crippen LogP contribution in [0.5, 0.6) is 0 Å². The molecule has 0 aromatic rings. The van der Waals surface area contributed by atoms with Crippen LogP contribution in [0.15, 0.2) is 24.3 Å². The van der Waals surface area contributed by atoms with Crippen molar-refractivity contribution in [2.24, 2.45) is 0 Å². The van der Waals surface area contributed by atoms with E-state index in [-0.39, 0.29) is 0 Å². The molecule has 0 bridgehead atoms. The average Bonchev–Trinajstić information content (AvgIpc) is 1.69. The predicted molar refractivity (Wildman–Crippen MR) is 41.2 cm³/mol. The summed E-state index contributed by atoms with van der Waals surface area (Å²) in [6.07, 6.45) is 5.96. The van der Waals surface area contributed by atoms with Gasteiger partial charge in [0, 0.05) is 0 Å². The summed E-state index contributed by atoms with van der Waals surface area (Å²) in [5, 5.41) is 3.10. The summed E-state index contributed by atoms with van der Waals surface area (Å²) >= 11 is 2.31. The average molecular weight is 205 g/mol. The molecule has 1 N–H and O–H groups in total. The molecule has 0 aliphatic carbocycles. The topological polar surface area (TPSA) is 12.0 Å². The fraction of sp³-hybridized carbons (Fsp3) is 0.